The maximum atomic E-state index is 16.2. The number of hydrogen-bond donors (Lipinski definition) is 1. The van der Waals surface area contributed by atoms with Crippen LogP contribution in [0.1, 0.15) is 59.9 Å². The molecule has 1 amide bonds. The van der Waals surface area contributed by atoms with Crippen LogP contribution in [0.4, 0.5) is 9.18 Å². The first-order valence-electron chi connectivity index (χ1n) is 13.8. The number of nitrogens with one attached hydrogen (secondary N) is 1. The molecule has 2 unspecified atom stereocenters. The number of ether oxygens (including phenoxy) is 3. The number of amides is 1. The van der Waals surface area contributed by atoms with Crippen molar-refractivity contribution >= 4 is 22.1 Å². The Morgan fingerprint density at radius 2 is 1.64 bits per heavy atom. The molecule has 1 fully saturated rings. The molecule has 1 aliphatic rings. The number of nitrogens with zero attached hydrogens (tertiary/aromatic N) is 1. The highest BCUT2D eigenvalue weighted by molar-refractivity contribution is 7.88. The van der Waals surface area contributed by atoms with Crippen LogP contribution in [0.15, 0.2) is 54.8 Å². The van der Waals surface area contributed by atoms with Crippen molar-refractivity contribution in [2.45, 2.75) is 84.1 Å². The number of esters is 1. The summed E-state index contributed by atoms with van der Waals surface area (Å²) in [6.07, 6.45) is 3.92. The van der Waals surface area contributed by atoms with E-state index < -0.39 is 51.2 Å². The molecule has 2 aromatic rings. The Labute approximate surface area is 248 Å². The average molecular weight is 605 g/mol. The Kier molecular flexibility index (Phi) is 10.4. The number of sulfonamides is 1. The molecule has 3 rings (SSSR count). The summed E-state index contributed by atoms with van der Waals surface area (Å²) in [5.41, 5.74) is -0.417. The molecule has 1 aliphatic heterocycles. The summed E-state index contributed by atoms with van der Waals surface area (Å²) in [5.74, 6) is -0.789. The Balaban J connectivity index is 1.94. The number of piperidine rings is 1. The molecule has 2 aromatic carbocycles. The van der Waals surface area contributed by atoms with Crippen molar-refractivity contribution in [1.29, 1.82) is 0 Å². The lowest BCUT2D eigenvalue weighted by atomic mass is 9.90. The van der Waals surface area contributed by atoms with Crippen molar-refractivity contribution in [3.8, 4) is 16.9 Å². The minimum atomic E-state index is -3.60. The molecule has 0 aliphatic carbocycles. The summed E-state index contributed by atoms with van der Waals surface area (Å²) in [7, 11) is -3.60. The topological polar surface area (TPSA) is 111 Å². The highest BCUT2D eigenvalue weighted by Crippen LogP contribution is 2.34. The van der Waals surface area contributed by atoms with E-state index in [1.165, 1.54) is 11.2 Å². The van der Waals surface area contributed by atoms with Crippen molar-refractivity contribution in [3.63, 3.8) is 0 Å². The average Bonchev–Trinajstić information content (AvgIpc) is 2.83. The zero-order valence-electron chi connectivity index (χ0n) is 25.3. The quantitative estimate of drug-likeness (QED) is 0.238. The normalized spacial score (nSPS) is 18.1. The molecule has 1 N–H and O–H groups in total. The minimum absolute atomic E-state index is 0.0493. The molecule has 230 valence electrons. The first-order chi connectivity index (χ1) is 19.4. The van der Waals surface area contributed by atoms with Gasteiger partial charge in [-0.15, -0.1) is 0 Å². The number of carbonyl (C=O) groups excluding carboxylic acids is 2. The van der Waals surface area contributed by atoms with Gasteiger partial charge in [-0.3, -0.25) is 0 Å². The van der Waals surface area contributed by atoms with Crippen molar-refractivity contribution in [1.82, 2.24) is 9.62 Å². The molecule has 42 heavy (non-hydrogen) atoms. The van der Waals surface area contributed by atoms with Gasteiger partial charge in [0.15, 0.2) is 0 Å². The fourth-order valence-corrected chi connectivity index (χ4v) is 5.56. The van der Waals surface area contributed by atoms with E-state index in [-0.39, 0.29) is 12.0 Å². The second kappa shape index (κ2) is 13.2. The Morgan fingerprint density at radius 3 is 2.29 bits per heavy atom. The number of hydrogen-bond acceptors (Lipinski definition) is 7. The summed E-state index contributed by atoms with van der Waals surface area (Å²) in [6.45, 7) is 10.9. The van der Waals surface area contributed by atoms with E-state index in [1.54, 1.807) is 84.0 Å². The van der Waals surface area contributed by atoms with Crippen LogP contribution in [-0.2, 0) is 30.7 Å². The van der Waals surface area contributed by atoms with E-state index in [2.05, 4.69) is 4.72 Å². The number of halogens is 1. The van der Waals surface area contributed by atoms with E-state index in [0.29, 0.717) is 36.3 Å². The van der Waals surface area contributed by atoms with Crippen LogP contribution in [0, 0.1) is 5.82 Å². The molecule has 9 nitrogen and oxygen atoms in total. The third kappa shape index (κ3) is 9.84. The lowest BCUT2D eigenvalue weighted by Crippen LogP contribution is -2.58. The fraction of sp³-hybridized carbons (Fsp3) is 0.484. The smallest absolute Gasteiger partial charge is 0.410 e. The number of rotatable bonds is 8. The van der Waals surface area contributed by atoms with Crippen LogP contribution in [0.2, 0.25) is 0 Å². The second-order valence-corrected chi connectivity index (χ2v) is 14.1. The molecule has 1 heterocycles. The van der Waals surface area contributed by atoms with Crippen LogP contribution in [0.3, 0.4) is 0 Å². The summed E-state index contributed by atoms with van der Waals surface area (Å²) in [5, 5.41) is 0. The summed E-state index contributed by atoms with van der Waals surface area (Å²) >= 11 is 0. The highest BCUT2D eigenvalue weighted by atomic mass is 32.2. The Bertz CT molecular complexity index is 1410. The largest absolute Gasteiger partial charge is 0.464 e. The molecular formula is C31H41FN2O7S. The van der Waals surface area contributed by atoms with Gasteiger partial charge in [0, 0.05) is 23.7 Å². The van der Waals surface area contributed by atoms with Crippen molar-refractivity contribution in [2.75, 3.05) is 12.8 Å². The third-order valence-corrected chi connectivity index (χ3v) is 6.99. The molecule has 0 aromatic heterocycles. The van der Waals surface area contributed by atoms with E-state index >= 15 is 4.39 Å². The lowest BCUT2D eigenvalue weighted by molar-refractivity contribution is -0.148. The van der Waals surface area contributed by atoms with Crippen molar-refractivity contribution < 1.29 is 36.6 Å². The van der Waals surface area contributed by atoms with Crippen molar-refractivity contribution in [2.24, 2.45) is 0 Å². The molecular weight excluding hydrogens is 563 g/mol. The van der Waals surface area contributed by atoms with Gasteiger partial charge in [-0.2, -0.15) is 0 Å². The van der Waals surface area contributed by atoms with Gasteiger partial charge in [0.1, 0.15) is 22.8 Å². The zero-order chi connectivity index (χ0) is 31.3. The monoisotopic (exact) mass is 604 g/mol. The van der Waals surface area contributed by atoms with E-state index in [9.17, 15) is 18.0 Å². The maximum absolute atomic E-state index is 16.2. The SMILES string of the molecule is CC(C)(C)OC(=O)/C=C/Oc1ccccc1-c1cccc(CC2C(NS(C)(=O)=O)CCCN2C(=O)OC(C)(C)C)c1F. The van der Waals surface area contributed by atoms with Crippen molar-refractivity contribution in [3.05, 3.63) is 66.2 Å². The number of para-hydroxylation sites is 1. The second-order valence-electron chi connectivity index (χ2n) is 12.3. The molecule has 0 bridgehead atoms. The first kappa shape index (κ1) is 33.1. The summed E-state index contributed by atoms with van der Waals surface area (Å²) in [4.78, 5) is 26.7. The molecule has 2 atom stereocenters. The molecule has 0 spiro atoms. The zero-order valence-corrected chi connectivity index (χ0v) is 26.1. The minimum Gasteiger partial charge on any atom is -0.464 e. The standard InChI is InChI=1S/C31H41FN2O7S/c1-30(2,3)40-27(35)17-19-39-26-16-9-8-13-22(26)23-14-10-12-21(28(23)32)20-25-24(33-42(7,37)38)15-11-18-34(25)29(36)41-31(4,5)6/h8-10,12-14,16-17,19,24-25,33H,11,15,18,20H2,1-7H3/b19-17+. The van der Waals surface area contributed by atoms with Gasteiger partial charge in [-0.25, -0.2) is 27.1 Å². The molecule has 0 radical (unpaired) electrons. The summed E-state index contributed by atoms with van der Waals surface area (Å²) in [6, 6.07) is 10.4. The van der Waals surface area contributed by atoms with Gasteiger partial charge in [-0.1, -0.05) is 36.4 Å². The molecule has 0 saturated carbocycles. The van der Waals surface area contributed by atoms with E-state index in [4.69, 9.17) is 14.2 Å². The Morgan fingerprint density at radius 1 is 1.00 bits per heavy atom. The van der Waals surface area contributed by atoms with Crippen LogP contribution < -0.4 is 9.46 Å². The number of carbonyl (C=O) groups is 2. The van der Waals surface area contributed by atoms with E-state index in [0.717, 1.165) is 12.3 Å². The molecule has 11 heteroatoms. The van der Waals surface area contributed by atoms with Crippen LogP contribution >= 0.6 is 0 Å². The van der Waals surface area contributed by atoms with Gasteiger partial charge in [0.2, 0.25) is 10.0 Å². The molecule has 1 saturated heterocycles. The number of likely N-dealkylation sites (tertiary alicyclic amines) is 1. The summed E-state index contributed by atoms with van der Waals surface area (Å²) < 4.78 is 59.7. The first-order valence-corrected chi connectivity index (χ1v) is 15.7. The van der Waals surface area contributed by atoms with Crippen LogP contribution in [0.5, 0.6) is 5.75 Å². The van der Waals surface area contributed by atoms with Gasteiger partial charge in [0.25, 0.3) is 0 Å². The predicted molar refractivity (Wildman–Crippen MR) is 159 cm³/mol. The van der Waals surface area contributed by atoms with Crippen LogP contribution in [0.25, 0.3) is 11.1 Å². The van der Waals surface area contributed by atoms with Gasteiger partial charge < -0.3 is 19.1 Å². The van der Waals surface area contributed by atoms with Crippen LogP contribution in [-0.4, -0.2) is 61.5 Å². The third-order valence-electron chi connectivity index (χ3n) is 6.26. The van der Waals surface area contributed by atoms with Gasteiger partial charge in [0.05, 0.1) is 24.6 Å². The van der Waals surface area contributed by atoms with Gasteiger partial charge >= 0.3 is 12.1 Å². The fourth-order valence-electron chi connectivity index (χ4n) is 4.73. The highest BCUT2D eigenvalue weighted by Gasteiger charge is 2.38. The predicted octanol–water partition coefficient (Wildman–Crippen LogP) is 5.59. The van der Waals surface area contributed by atoms with Gasteiger partial charge in [-0.05, 0) is 72.4 Å². The Hall–Kier alpha value is -3.44. The maximum Gasteiger partial charge on any atom is 0.410 e. The number of benzene rings is 2. The van der Waals surface area contributed by atoms with E-state index in [1.807, 2.05) is 0 Å². The lowest BCUT2D eigenvalue weighted by Gasteiger charge is -2.41.